The van der Waals surface area contributed by atoms with Gasteiger partial charge in [-0.3, -0.25) is 0 Å². The summed E-state index contributed by atoms with van der Waals surface area (Å²) in [4.78, 5) is 16.2. The van der Waals surface area contributed by atoms with Crippen molar-refractivity contribution in [3.63, 3.8) is 0 Å². The molecule has 0 spiro atoms. The molecule has 106 valence electrons. The van der Waals surface area contributed by atoms with Crippen LogP contribution in [0.3, 0.4) is 0 Å². The zero-order valence-electron chi connectivity index (χ0n) is 11.3. The summed E-state index contributed by atoms with van der Waals surface area (Å²) in [5, 5.41) is 1.28. The van der Waals surface area contributed by atoms with Crippen LogP contribution in [0.4, 0.5) is 0 Å². The number of rotatable bonds is 3. The second kappa shape index (κ2) is 5.58. The standard InChI is InChI=1S/C16H12ClNO3/c1-10-6-7-20-14(10)16(19)21-9-12-8-11-4-2-3-5-13(11)18-15(12)17/h2-8H,9H2,1H3. The van der Waals surface area contributed by atoms with Gasteiger partial charge in [-0.15, -0.1) is 0 Å². The summed E-state index contributed by atoms with van der Waals surface area (Å²) in [6.45, 7) is 1.83. The molecule has 0 bridgehead atoms. The van der Waals surface area contributed by atoms with Crippen LogP contribution in [0.5, 0.6) is 0 Å². The van der Waals surface area contributed by atoms with Gasteiger partial charge in [0.2, 0.25) is 5.76 Å². The summed E-state index contributed by atoms with van der Waals surface area (Å²) in [6.07, 6.45) is 1.45. The molecule has 0 unspecified atom stereocenters. The van der Waals surface area contributed by atoms with Crippen molar-refractivity contribution in [2.24, 2.45) is 0 Å². The summed E-state index contributed by atoms with van der Waals surface area (Å²) < 4.78 is 10.3. The van der Waals surface area contributed by atoms with E-state index in [-0.39, 0.29) is 12.4 Å². The van der Waals surface area contributed by atoms with Gasteiger partial charge < -0.3 is 9.15 Å². The zero-order valence-corrected chi connectivity index (χ0v) is 12.1. The maximum atomic E-state index is 11.9. The monoisotopic (exact) mass is 301 g/mol. The van der Waals surface area contributed by atoms with E-state index in [1.807, 2.05) is 30.3 Å². The topological polar surface area (TPSA) is 52.3 Å². The normalized spacial score (nSPS) is 10.8. The number of carbonyl (C=O) groups is 1. The first-order valence-electron chi connectivity index (χ1n) is 6.40. The molecular formula is C16H12ClNO3. The van der Waals surface area contributed by atoms with E-state index in [4.69, 9.17) is 20.8 Å². The van der Waals surface area contributed by atoms with Gasteiger partial charge in [0.05, 0.1) is 11.8 Å². The lowest BCUT2D eigenvalue weighted by molar-refractivity contribution is 0.0435. The van der Waals surface area contributed by atoms with E-state index >= 15 is 0 Å². The largest absolute Gasteiger partial charge is 0.457 e. The van der Waals surface area contributed by atoms with Crippen LogP contribution in [-0.2, 0) is 11.3 Å². The summed E-state index contributed by atoms with van der Waals surface area (Å²) in [5.41, 5.74) is 2.20. The van der Waals surface area contributed by atoms with Crippen LogP contribution in [0.15, 0.2) is 47.1 Å². The molecule has 0 radical (unpaired) electrons. The molecule has 5 heteroatoms. The highest BCUT2D eigenvalue weighted by Crippen LogP contribution is 2.21. The van der Waals surface area contributed by atoms with Gasteiger partial charge >= 0.3 is 5.97 Å². The average molecular weight is 302 g/mol. The van der Waals surface area contributed by atoms with Crippen LogP contribution in [0.1, 0.15) is 21.7 Å². The molecule has 0 atom stereocenters. The lowest BCUT2D eigenvalue weighted by Gasteiger charge is -2.07. The number of nitrogens with zero attached hydrogens (tertiary/aromatic N) is 1. The smallest absolute Gasteiger partial charge is 0.374 e. The van der Waals surface area contributed by atoms with Gasteiger partial charge in [0.1, 0.15) is 11.8 Å². The maximum Gasteiger partial charge on any atom is 0.374 e. The third-order valence-electron chi connectivity index (χ3n) is 3.16. The van der Waals surface area contributed by atoms with E-state index < -0.39 is 5.97 Å². The number of benzene rings is 1. The molecule has 4 nitrogen and oxygen atoms in total. The number of pyridine rings is 1. The lowest BCUT2D eigenvalue weighted by Crippen LogP contribution is -2.06. The predicted octanol–water partition coefficient (Wildman–Crippen LogP) is 4.15. The molecule has 0 N–H and O–H groups in total. The summed E-state index contributed by atoms with van der Waals surface area (Å²) in [5.74, 6) is -0.304. The third kappa shape index (κ3) is 2.76. The van der Waals surface area contributed by atoms with E-state index in [2.05, 4.69) is 4.98 Å². The Morgan fingerprint density at radius 2 is 2.14 bits per heavy atom. The molecule has 3 rings (SSSR count). The molecule has 2 aromatic heterocycles. The molecule has 0 aliphatic carbocycles. The van der Waals surface area contributed by atoms with Crippen molar-refractivity contribution in [1.29, 1.82) is 0 Å². The first-order valence-corrected chi connectivity index (χ1v) is 6.78. The van der Waals surface area contributed by atoms with Crippen molar-refractivity contribution >= 4 is 28.5 Å². The zero-order chi connectivity index (χ0) is 14.8. The molecule has 0 aliphatic rings. The van der Waals surface area contributed by atoms with E-state index in [0.29, 0.717) is 10.7 Å². The molecule has 2 heterocycles. The number of para-hydroxylation sites is 1. The minimum absolute atomic E-state index is 0.0512. The Kier molecular flexibility index (Phi) is 3.62. The second-order valence-electron chi connectivity index (χ2n) is 4.64. The van der Waals surface area contributed by atoms with Gasteiger partial charge in [0.15, 0.2) is 0 Å². The van der Waals surface area contributed by atoms with E-state index in [1.54, 1.807) is 13.0 Å². The number of carbonyl (C=O) groups excluding carboxylic acids is 1. The van der Waals surface area contributed by atoms with E-state index in [1.165, 1.54) is 6.26 Å². The summed E-state index contributed by atoms with van der Waals surface area (Å²) >= 11 is 6.12. The highest BCUT2D eigenvalue weighted by atomic mass is 35.5. The number of fused-ring (bicyclic) bond motifs is 1. The van der Waals surface area contributed by atoms with Gasteiger partial charge in [0, 0.05) is 16.5 Å². The number of hydrogen-bond donors (Lipinski definition) is 0. The third-order valence-corrected chi connectivity index (χ3v) is 3.48. The van der Waals surface area contributed by atoms with Crippen LogP contribution in [0.2, 0.25) is 5.15 Å². The minimum atomic E-state index is -0.512. The van der Waals surface area contributed by atoms with Gasteiger partial charge in [0.25, 0.3) is 0 Å². The Balaban J connectivity index is 1.80. The van der Waals surface area contributed by atoms with E-state index in [9.17, 15) is 4.79 Å². The van der Waals surface area contributed by atoms with Crippen molar-refractivity contribution in [1.82, 2.24) is 4.98 Å². The summed E-state index contributed by atoms with van der Waals surface area (Å²) in [6, 6.07) is 11.2. The Bertz CT molecular complexity index is 810. The van der Waals surface area contributed by atoms with Crippen molar-refractivity contribution in [2.45, 2.75) is 13.5 Å². The van der Waals surface area contributed by atoms with Crippen molar-refractivity contribution in [3.05, 3.63) is 64.7 Å². The number of aryl methyl sites for hydroxylation is 1. The molecule has 0 aliphatic heterocycles. The lowest BCUT2D eigenvalue weighted by atomic mass is 10.2. The Morgan fingerprint density at radius 3 is 2.90 bits per heavy atom. The number of furan rings is 1. The average Bonchev–Trinajstić information content (AvgIpc) is 2.91. The van der Waals surface area contributed by atoms with Crippen LogP contribution >= 0.6 is 11.6 Å². The van der Waals surface area contributed by atoms with Crippen molar-refractivity contribution in [2.75, 3.05) is 0 Å². The van der Waals surface area contributed by atoms with Gasteiger partial charge in [-0.1, -0.05) is 29.8 Å². The van der Waals surface area contributed by atoms with Crippen LogP contribution < -0.4 is 0 Å². The fraction of sp³-hybridized carbons (Fsp3) is 0.125. The Hall–Kier alpha value is -2.33. The number of aromatic nitrogens is 1. The number of esters is 1. The van der Waals surface area contributed by atoms with Crippen LogP contribution in [-0.4, -0.2) is 11.0 Å². The molecule has 3 aromatic rings. The first-order chi connectivity index (χ1) is 10.1. The molecule has 0 fully saturated rings. The van der Waals surface area contributed by atoms with Gasteiger partial charge in [-0.2, -0.15) is 0 Å². The highest BCUT2D eigenvalue weighted by Gasteiger charge is 2.15. The molecule has 21 heavy (non-hydrogen) atoms. The van der Waals surface area contributed by atoms with E-state index in [0.717, 1.165) is 16.5 Å². The Morgan fingerprint density at radius 1 is 1.33 bits per heavy atom. The molecule has 1 aromatic carbocycles. The fourth-order valence-corrected chi connectivity index (χ4v) is 2.23. The molecule has 0 saturated carbocycles. The highest BCUT2D eigenvalue weighted by molar-refractivity contribution is 6.30. The maximum absolute atomic E-state index is 11.9. The van der Waals surface area contributed by atoms with Crippen molar-refractivity contribution < 1.29 is 13.9 Å². The Labute approximate surface area is 126 Å². The number of halogens is 1. The van der Waals surface area contributed by atoms with Gasteiger partial charge in [-0.25, -0.2) is 9.78 Å². The molecule has 0 amide bonds. The number of hydrogen-bond acceptors (Lipinski definition) is 4. The summed E-state index contributed by atoms with van der Waals surface area (Å²) in [7, 11) is 0. The second-order valence-corrected chi connectivity index (χ2v) is 5.00. The predicted molar refractivity (Wildman–Crippen MR) is 79.3 cm³/mol. The van der Waals surface area contributed by atoms with Crippen molar-refractivity contribution in [3.8, 4) is 0 Å². The fourth-order valence-electron chi connectivity index (χ4n) is 2.03. The van der Waals surface area contributed by atoms with Crippen LogP contribution in [0, 0.1) is 6.92 Å². The van der Waals surface area contributed by atoms with Gasteiger partial charge in [-0.05, 0) is 25.1 Å². The minimum Gasteiger partial charge on any atom is -0.457 e. The first kappa shape index (κ1) is 13.6. The SMILES string of the molecule is Cc1ccoc1C(=O)OCc1cc2ccccc2nc1Cl. The molecule has 0 saturated heterocycles. The van der Waals surface area contributed by atoms with Crippen LogP contribution in [0.25, 0.3) is 10.9 Å². The quantitative estimate of drug-likeness (QED) is 0.539. The number of ether oxygens (including phenoxy) is 1. The molecular weight excluding hydrogens is 290 g/mol.